The highest BCUT2D eigenvalue weighted by Crippen LogP contribution is 2.17. The van der Waals surface area contributed by atoms with Crippen molar-refractivity contribution in [3.8, 4) is 0 Å². The summed E-state index contributed by atoms with van der Waals surface area (Å²) in [5.74, 6) is 0. The van der Waals surface area contributed by atoms with Gasteiger partial charge < -0.3 is 0 Å². The minimum atomic E-state index is 0.959. The lowest BCUT2D eigenvalue weighted by molar-refractivity contribution is 1.14. The molecule has 0 saturated heterocycles. The number of allylic oxidation sites excluding steroid dienone is 2. The second-order valence-corrected chi connectivity index (χ2v) is 3.69. The third-order valence-electron chi connectivity index (χ3n) is 2.52. The molecule has 0 spiro atoms. The standard InChI is InChI=1S/C14H18/c1-5-7-13-9-12(4)14(8-6-2)10-11(13)3/h5-6,9-10H,1-2,7-8H2,3-4H3. The van der Waals surface area contributed by atoms with Crippen LogP contribution in [0.15, 0.2) is 37.4 Å². The van der Waals surface area contributed by atoms with Crippen molar-refractivity contribution in [1.29, 1.82) is 0 Å². The third kappa shape index (κ3) is 2.35. The van der Waals surface area contributed by atoms with Crippen LogP contribution in [0.2, 0.25) is 0 Å². The minimum Gasteiger partial charge on any atom is -0.103 e. The molecule has 74 valence electrons. The molecule has 0 aliphatic rings. The van der Waals surface area contributed by atoms with Gasteiger partial charge in [0.05, 0.1) is 0 Å². The van der Waals surface area contributed by atoms with Gasteiger partial charge in [-0.25, -0.2) is 0 Å². The molecule has 0 amide bonds. The van der Waals surface area contributed by atoms with Crippen molar-refractivity contribution >= 4 is 0 Å². The molecule has 0 aliphatic heterocycles. The summed E-state index contributed by atoms with van der Waals surface area (Å²) >= 11 is 0. The first-order valence-corrected chi connectivity index (χ1v) is 4.99. The maximum Gasteiger partial charge on any atom is -0.00974 e. The molecular weight excluding hydrogens is 168 g/mol. The quantitative estimate of drug-likeness (QED) is 0.628. The Kier molecular flexibility index (Phi) is 3.70. The lowest BCUT2D eigenvalue weighted by atomic mass is 9.96. The molecule has 0 N–H and O–H groups in total. The van der Waals surface area contributed by atoms with E-state index in [4.69, 9.17) is 0 Å². The first-order valence-electron chi connectivity index (χ1n) is 4.99. The molecule has 0 heterocycles. The molecule has 14 heavy (non-hydrogen) atoms. The van der Waals surface area contributed by atoms with Crippen LogP contribution in [0.5, 0.6) is 0 Å². The Hall–Kier alpha value is -1.30. The Labute approximate surface area is 87.0 Å². The number of hydrogen-bond donors (Lipinski definition) is 0. The Morgan fingerprint density at radius 2 is 1.29 bits per heavy atom. The Balaban J connectivity index is 3.09. The molecule has 0 bridgehead atoms. The van der Waals surface area contributed by atoms with Crippen molar-refractivity contribution in [1.82, 2.24) is 0 Å². The summed E-state index contributed by atoms with van der Waals surface area (Å²) in [7, 11) is 0. The van der Waals surface area contributed by atoms with Crippen LogP contribution in [-0.2, 0) is 12.8 Å². The lowest BCUT2D eigenvalue weighted by Gasteiger charge is -2.09. The highest BCUT2D eigenvalue weighted by atomic mass is 14.1. The van der Waals surface area contributed by atoms with Gasteiger partial charge in [0.15, 0.2) is 0 Å². The second-order valence-electron chi connectivity index (χ2n) is 3.69. The van der Waals surface area contributed by atoms with Crippen LogP contribution >= 0.6 is 0 Å². The number of benzene rings is 1. The minimum absolute atomic E-state index is 0.959. The van der Waals surface area contributed by atoms with Crippen molar-refractivity contribution in [3.05, 3.63) is 59.7 Å². The lowest BCUT2D eigenvalue weighted by Crippen LogP contribution is -1.94. The monoisotopic (exact) mass is 186 g/mol. The molecule has 1 rings (SSSR count). The van der Waals surface area contributed by atoms with E-state index in [-0.39, 0.29) is 0 Å². The topological polar surface area (TPSA) is 0 Å². The van der Waals surface area contributed by atoms with E-state index in [1.807, 2.05) is 12.2 Å². The molecule has 1 aromatic carbocycles. The summed E-state index contributed by atoms with van der Waals surface area (Å²) in [6.45, 7) is 11.9. The van der Waals surface area contributed by atoms with Gasteiger partial charge >= 0.3 is 0 Å². The SMILES string of the molecule is C=CCc1cc(C)c(CC=C)cc1C. The highest BCUT2D eigenvalue weighted by Gasteiger charge is 2.01. The van der Waals surface area contributed by atoms with Crippen molar-refractivity contribution in [2.24, 2.45) is 0 Å². The predicted molar refractivity (Wildman–Crippen MR) is 63.7 cm³/mol. The number of aryl methyl sites for hydroxylation is 2. The molecule has 0 aliphatic carbocycles. The maximum absolute atomic E-state index is 3.77. The van der Waals surface area contributed by atoms with Gasteiger partial charge in [0.1, 0.15) is 0 Å². The maximum atomic E-state index is 3.77. The Morgan fingerprint density at radius 1 is 0.929 bits per heavy atom. The Morgan fingerprint density at radius 3 is 1.57 bits per heavy atom. The summed E-state index contributed by atoms with van der Waals surface area (Å²) in [6, 6.07) is 4.52. The van der Waals surface area contributed by atoms with Gasteiger partial charge in [-0.05, 0) is 48.9 Å². The highest BCUT2D eigenvalue weighted by molar-refractivity contribution is 5.38. The first kappa shape index (κ1) is 10.8. The molecule has 0 aromatic heterocycles. The largest absolute Gasteiger partial charge is 0.103 e. The van der Waals surface area contributed by atoms with Crippen LogP contribution in [0.25, 0.3) is 0 Å². The predicted octanol–water partition coefficient (Wildman–Crippen LogP) is 3.76. The zero-order valence-corrected chi connectivity index (χ0v) is 9.14. The van der Waals surface area contributed by atoms with E-state index in [0.717, 1.165) is 12.8 Å². The fraction of sp³-hybridized carbons (Fsp3) is 0.286. The molecule has 0 saturated carbocycles. The van der Waals surface area contributed by atoms with Crippen LogP contribution in [0, 0.1) is 13.8 Å². The van der Waals surface area contributed by atoms with Crippen LogP contribution in [0.3, 0.4) is 0 Å². The smallest absolute Gasteiger partial charge is 0.00974 e. The average Bonchev–Trinajstić information content (AvgIpc) is 2.14. The van der Waals surface area contributed by atoms with Crippen molar-refractivity contribution in [2.75, 3.05) is 0 Å². The summed E-state index contributed by atoms with van der Waals surface area (Å²) in [6.07, 6.45) is 5.83. The van der Waals surface area contributed by atoms with Gasteiger partial charge in [0, 0.05) is 0 Å². The average molecular weight is 186 g/mol. The van der Waals surface area contributed by atoms with Gasteiger partial charge in [-0.2, -0.15) is 0 Å². The number of hydrogen-bond acceptors (Lipinski definition) is 0. The fourth-order valence-electron chi connectivity index (χ4n) is 1.69. The van der Waals surface area contributed by atoms with Gasteiger partial charge in [-0.1, -0.05) is 24.3 Å². The van der Waals surface area contributed by atoms with E-state index in [0.29, 0.717) is 0 Å². The third-order valence-corrected chi connectivity index (χ3v) is 2.52. The van der Waals surface area contributed by atoms with E-state index >= 15 is 0 Å². The van der Waals surface area contributed by atoms with Crippen LogP contribution in [0.4, 0.5) is 0 Å². The van der Waals surface area contributed by atoms with Crippen molar-refractivity contribution < 1.29 is 0 Å². The molecule has 1 aromatic rings. The van der Waals surface area contributed by atoms with Crippen LogP contribution in [-0.4, -0.2) is 0 Å². The van der Waals surface area contributed by atoms with Gasteiger partial charge in [0.2, 0.25) is 0 Å². The van der Waals surface area contributed by atoms with Gasteiger partial charge in [0.25, 0.3) is 0 Å². The van der Waals surface area contributed by atoms with Gasteiger partial charge in [-0.3, -0.25) is 0 Å². The molecule has 0 atom stereocenters. The van der Waals surface area contributed by atoms with Crippen molar-refractivity contribution in [2.45, 2.75) is 26.7 Å². The van der Waals surface area contributed by atoms with E-state index in [2.05, 4.69) is 39.1 Å². The number of rotatable bonds is 4. The zero-order valence-electron chi connectivity index (χ0n) is 9.14. The summed E-state index contributed by atoms with van der Waals surface area (Å²) in [5.41, 5.74) is 5.47. The fourth-order valence-corrected chi connectivity index (χ4v) is 1.69. The van der Waals surface area contributed by atoms with Crippen molar-refractivity contribution in [3.63, 3.8) is 0 Å². The second kappa shape index (κ2) is 4.80. The van der Waals surface area contributed by atoms with E-state index < -0.39 is 0 Å². The normalized spacial score (nSPS) is 9.86. The summed E-state index contributed by atoms with van der Waals surface area (Å²) < 4.78 is 0. The molecule has 0 nitrogen and oxygen atoms in total. The molecule has 0 unspecified atom stereocenters. The molecule has 0 fully saturated rings. The molecule has 0 radical (unpaired) electrons. The van der Waals surface area contributed by atoms with E-state index in [1.165, 1.54) is 22.3 Å². The zero-order chi connectivity index (χ0) is 10.6. The van der Waals surface area contributed by atoms with E-state index in [1.54, 1.807) is 0 Å². The van der Waals surface area contributed by atoms with Gasteiger partial charge in [-0.15, -0.1) is 13.2 Å². The van der Waals surface area contributed by atoms with E-state index in [9.17, 15) is 0 Å². The summed E-state index contributed by atoms with van der Waals surface area (Å²) in [5, 5.41) is 0. The summed E-state index contributed by atoms with van der Waals surface area (Å²) in [4.78, 5) is 0. The molecule has 0 heteroatoms. The Bertz CT molecular complexity index is 310. The van der Waals surface area contributed by atoms with Crippen LogP contribution < -0.4 is 0 Å². The molecular formula is C14H18. The first-order chi connectivity index (χ1) is 6.69. The van der Waals surface area contributed by atoms with Crippen LogP contribution in [0.1, 0.15) is 22.3 Å².